The van der Waals surface area contributed by atoms with Crippen LogP contribution in [-0.2, 0) is 0 Å². The maximum Gasteiger partial charge on any atom is 0.0243 e. The smallest absolute Gasteiger partial charge is 0.0243 e. The average molecular weight is 240 g/mol. The van der Waals surface area contributed by atoms with Crippen LogP contribution in [0.25, 0.3) is 0 Å². The molecule has 1 unspecified atom stereocenters. The van der Waals surface area contributed by atoms with E-state index in [2.05, 4.69) is 51.8 Å². The van der Waals surface area contributed by atoms with Gasteiger partial charge in [0, 0.05) is 19.1 Å². The minimum Gasteiger partial charge on any atom is -0.312 e. The van der Waals surface area contributed by atoms with E-state index in [1.807, 2.05) is 0 Å². The molecule has 0 aliphatic carbocycles. The molecule has 1 heterocycles. The summed E-state index contributed by atoms with van der Waals surface area (Å²) < 4.78 is 0. The maximum absolute atomic E-state index is 3.66. The van der Waals surface area contributed by atoms with Gasteiger partial charge in [0.25, 0.3) is 0 Å². The van der Waals surface area contributed by atoms with Crippen LogP contribution in [0.1, 0.15) is 54.4 Å². The van der Waals surface area contributed by atoms with Crippen LogP contribution in [0.5, 0.6) is 0 Å². The fraction of sp³-hybridized carbons (Fsp3) is 1.00. The van der Waals surface area contributed by atoms with Crippen molar-refractivity contribution < 1.29 is 0 Å². The summed E-state index contributed by atoms with van der Waals surface area (Å²) in [7, 11) is 0. The Morgan fingerprint density at radius 3 is 2.41 bits per heavy atom. The number of likely N-dealkylation sites (tertiary alicyclic amines) is 1. The van der Waals surface area contributed by atoms with E-state index < -0.39 is 0 Å². The number of nitrogens with zero attached hydrogens (tertiary/aromatic N) is 1. The summed E-state index contributed by atoms with van der Waals surface area (Å²) in [5, 5.41) is 3.66. The SMILES string of the molecule is CCNC(CN1CCCC(C)(C)C1)C(C)(C)C. The summed E-state index contributed by atoms with van der Waals surface area (Å²) in [6.45, 7) is 18.8. The predicted molar refractivity (Wildman–Crippen MR) is 76.4 cm³/mol. The molecule has 1 atom stereocenters. The van der Waals surface area contributed by atoms with Crippen molar-refractivity contribution in [3.05, 3.63) is 0 Å². The van der Waals surface area contributed by atoms with Crippen LogP contribution in [0.3, 0.4) is 0 Å². The Balaban J connectivity index is 2.55. The van der Waals surface area contributed by atoms with E-state index in [1.165, 1.54) is 32.5 Å². The number of likely N-dealkylation sites (N-methyl/N-ethyl adjacent to an activating group) is 1. The van der Waals surface area contributed by atoms with Crippen LogP contribution in [0.15, 0.2) is 0 Å². The van der Waals surface area contributed by atoms with Crippen molar-refractivity contribution in [2.75, 3.05) is 26.2 Å². The summed E-state index contributed by atoms with van der Waals surface area (Å²) in [5.41, 5.74) is 0.852. The van der Waals surface area contributed by atoms with Crippen molar-refractivity contribution in [3.63, 3.8) is 0 Å². The molecule has 0 saturated carbocycles. The van der Waals surface area contributed by atoms with Crippen molar-refractivity contribution in [3.8, 4) is 0 Å². The molecule has 2 heteroatoms. The Morgan fingerprint density at radius 2 is 1.94 bits per heavy atom. The zero-order chi connectivity index (χ0) is 13.1. The van der Waals surface area contributed by atoms with Crippen molar-refractivity contribution in [1.29, 1.82) is 0 Å². The highest BCUT2D eigenvalue weighted by molar-refractivity contribution is 4.87. The lowest BCUT2D eigenvalue weighted by Crippen LogP contribution is -2.51. The fourth-order valence-electron chi connectivity index (χ4n) is 2.85. The van der Waals surface area contributed by atoms with E-state index in [4.69, 9.17) is 0 Å². The zero-order valence-corrected chi connectivity index (χ0v) is 12.8. The molecule has 0 amide bonds. The van der Waals surface area contributed by atoms with Crippen molar-refractivity contribution in [2.45, 2.75) is 60.4 Å². The molecule has 2 nitrogen and oxygen atoms in total. The van der Waals surface area contributed by atoms with Gasteiger partial charge in [0.15, 0.2) is 0 Å². The fourth-order valence-corrected chi connectivity index (χ4v) is 2.85. The molecule has 1 rings (SSSR count). The van der Waals surface area contributed by atoms with E-state index in [9.17, 15) is 0 Å². The summed E-state index contributed by atoms with van der Waals surface area (Å²) in [6.07, 6.45) is 2.74. The first-order valence-corrected chi connectivity index (χ1v) is 7.20. The Morgan fingerprint density at radius 1 is 1.29 bits per heavy atom. The minimum atomic E-state index is 0.345. The third-order valence-electron chi connectivity index (χ3n) is 3.92. The highest BCUT2D eigenvalue weighted by atomic mass is 15.2. The highest BCUT2D eigenvalue weighted by Gasteiger charge is 2.31. The van der Waals surface area contributed by atoms with Crippen LogP contribution in [0.2, 0.25) is 0 Å². The Hall–Kier alpha value is -0.0800. The first-order valence-electron chi connectivity index (χ1n) is 7.20. The van der Waals surface area contributed by atoms with Gasteiger partial charge in [0.2, 0.25) is 0 Å². The molecular weight excluding hydrogens is 208 g/mol. The van der Waals surface area contributed by atoms with E-state index in [-0.39, 0.29) is 0 Å². The Labute approximate surface area is 108 Å². The van der Waals surface area contributed by atoms with Crippen LogP contribution in [0, 0.1) is 10.8 Å². The number of nitrogens with one attached hydrogen (secondary N) is 1. The molecule has 0 aromatic rings. The largest absolute Gasteiger partial charge is 0.312 e. The van der Waals surface area contributed by atoms with Gasteiger partial charge in [0.05, 0.1) is 0 Å². The minimum absolute atomic E-state index is 0.345. The lowest BCUT2D eigenvalue weighted by Gasteiger charge is -2.42. The lowest BCUT2D eigenvalue weighted by atomic mass is 9.82. The van der Waals surface area contributed by atoms with Gasteiger partial charge in [-0.2, -0.15) is 0 Å². The molecular formula is C15H32N2. The molecule has 1 N–H and O–H groups in total. The Kier molecular flexibility index (Phi) is 5.03. The van der Waals surface area contributed by atoms with Gasteiger partial charge in [-0.3, -0.25) is 0 Å². The van der Waals surface area contributed by atoms with Crippen LogP contribution in [-0.4, -0.2) is 37.1 Å². The molecule has 17 heavy (non-hydrogen) atoms. The first-order chi connectivity index (χ1) is 7.74. The molecule has 0 spiro atoms. The van der Waals surface area contributed by atoms with Crippen LogP contribution < -0.4 is 5.32 Å². The predicted octanol–water partition coefficient (Wildman–Crippen LogP) is 3.13. The van der Waals surface area contributed by atoms with E-state index in [1.54, 1.807) is 0 Å². The van der Waals surface area contributed by atoms with Crippen molar-refractivity contribution in [1.82, 2.24) is 10.2 Å². The summed E-state index contributed by atoms with van der Waals surface area (Å²) in [6, 6.07) is 0.599. The maximum atomic E-state index is 3.66. The quantitative estimate of drug-likeness (QED) is 0.812. The van der Waals surface area contributed by atoms with Crippen molar-refractivity contribution >= 4 is 0 Å². The lowest BCUT2D eigenvalue weighted by molar-refractivity contribution is 0.0880. The molecule has 0 aromatic carbocycles. The molecule has 0 bridgehead atoms. The molecule has 1 saturated heterocycles. The molecule has 102 valence electrons. The molecule has 1 fully saturated rings. The monoisotopic (exact) mass is 240 g/mol. The van der Waals surface area contributed by atoms with Gasteiger partial charge in [-0.05, 0) is 36.8 Å². The van der Waals surface area contributed by atoms with Gasteiger partial charge in [-0.25, -0.2) is 0 Å². The second kappa shape index (κ2) is 5.71. The third kappa shape index (κ3) is 4.97. The highest BCUT2D eigenvalue weighted by Crippen LogP contribution is 2.29. The molecule has 0 aromatic heterocycles. The van der Waals surface area contributed by atoms with Crippen LogP contribution >= 0.6 is 0 Å². The number of rotatable bonds is 4. The second-order valence-corrected chi connectivity index (χ2v) is 7.48. The normalized spacial score (nSPS) is 23.6. The van der Waals surface area contributed by atoms with Gasteiger partial charge in [-0.15, -0.1) is 0 Å². The van der Waals surface area contributed by atoms with Gasteiger partial charge in [-0.1, -0.05) is 41.5 Å². The molecule has 1 aliphatic rings. The first kappa shape index (κ1) is 15.0. The summed E-state index contributed by atoms with van der Waals surface area (Å²) in [4.78, 5) is 2.65. The number of piperidine rings is 1. The number of hydrogen-bond donors (Lipinski definition) is 1. The summed E-state index contributed by atoms with van der Waals surface area (Å²) in [5.74, 6) is 0. The van der Waals surface area contributed by atoms with E-state index in [0.29, 0.717) is 16.9 Å². The average Bonchev–Trinajstić information content (AvgIpc) is 2.14. The standard InChI is InChI=1S/C15H32N2/c1-7-16-13(14(2,3)4)11-17-10-8-9-15(5,6)12-17/h13,16H,7-12H2,1-6H3. The van der Waals surface area contributed by atoms with E-state index >= 15 is 0 Å². The van der Waals surface area contributed by atoms with E-state index in [0.717, 1.165) is 6.54 Å². The van der Waals surface area contributed by atoms with Gasteiger partial charge >= 0.3 is 0 Å². The Bertz CT molecular complexity index is 228. The molecule has 1 aliphatic heterocycles. The van der Waals surface area contributed by atoms with Crippen molar-refractivity contribution in [2.24, 2.45) is 10.8 Å². The van der Waals surface area contributed by atoms with Gasteiger partial charge in [0.1, 0.15) is 0 Å². The second-order valence-electron chi connectivity index (χ2n) is 7.48. The number of hydrogen-bond acceptors (Lipinski definition) is 2. The summed E-state index contributed by atoms with van der Waals surface area (Å²) >= 11 is 0. The topological polar surface area (TPSA) is 15.3 Å². The molecule has 0 radical (unpaired) electrons. The zero-order valence-electron chi connectivity index (χ0n) is 12.8. The van der Waals surface area contributed by atoms with Crippen LogP contribution in [0.4, 0.5) is 0 Å². The third-order valence-corrected chi connectivity index (χ3v) is 3.92. The van der Waals surface area contributed by atoms with Gasteiger partial charge < -0.3 is 10.2 Å².